The molecule has 3 rings (SSSR count). The molecule has 2 N–H and O–H groups in total. The van der Waals surface area contributed by atoms with Gasteiger partial charge in [0, 0.05) is 24.5 Å². The van der Waals surface area contributed by atoms with Crippen LogP contribution < -0.4 is 14.8 Å². The van der Waals surface area contributed by atoms with Gasteiger partial charge in [-0.15, -0.1) is 11.3 Å². The number of sulfonamides is 1. The fourth-order valence-corrected chi connectivity index (χ4v) is 6.56. The molecule has 0 aliphatic heterocycles. The van der Waals surface area contributed by atoms with Crippen LogP contribution in [0.4, 0.5) is 0 Å². The van der Waals surface area contributed by atoms with Gasteiger partial charge in [0.05, 0.1) is 0 Å². The van der Waals surface area contributed by atoms with E-state index in [-0.39, 0.29) is 0 Å². The number of rotatable bonds is 19. The molecule has 3 aromatic rings. The predicted octanol–water partition coefficient (Wildman–Crippen LogP) is 8.03. The van der Waals surface area contributed by atoms with Crippen molar-refractivity contribution < 1.29 is 13.2 Å². The van der Waals surface area contributed by atoms with Crippen LogP contribution in [-0.4, -0.2) is 15.0 Å². The van der Waals surface area contributed by atoms with Crippen LogP contribution in [0.15, 0.2) is 70.9 Å². The van der Waals surface area contributed by atoms with E-state index in [9.17, 15) is 8.42 Å². The Morgan fingerprint density at radius 1 is 0.703 bits per heavy atom. The molecule has 1 heterocycles. The van der Waals surface area contributed by atoms with Crippen molar-refractivity contribution in [1.29, 1.82) is 0 Å². The van der Waals surface area contributed by atoms with Gasteiger partial charge in [0.25, 0.3) is 0 Å². The van der Waals surface area contributed by atoms with Crippen molar-refractivity contribution in [1.82, 2.24) is 10.0 Å². The minimum Gasteiger partial charge on any atom is -0.457 e. The third-order valence-electron chi connectivity index (χ3n) is 6.25. The van der Waals surface area contributed by atoms with E-state index < -0.39 is 10.0 Å². The van der Waals surface area contributed by atoms with Crippen LogP contribution >= 0.6 is 11.3 Å². The number of hydrogen-bond donors (Lipinski definition) is 2. The zero-order valence-electron chi connectivity index (χ0n) is 22.1. The number of ether oxygens (including phenoxy) is 1. The molecule has 0 saturated heterocycles. The molecule has 2 aromatic carbocycles. The van der Waals surface area contributed by atoms with E-state index in [1.165, 1.54) is 62.7 Å². The van der Waals surface area contributed by atoms with Gasteiger partial charge in [0.1, 0.15) is 15.7 Å². The Kier molecular flexibility index (Phi) is 13.2. The first-order valence-electron chi connectivity index (χ1n) is 13.7. The Morgan fingerprint density at radius 3 is 2.00 bits per heavy atom. The van der Waals surface area contributed by atoms with Gasteiger partial charge in [-0.05, 0) is 48.4 Å². The minimum absolute atomic E-state index is 0.388. The van der Waals surface area contributed by atoms with Crippen LogP contribution in [0.2, 0.25) is 0 Å². The number of unbranched alkanes of at least 4 members (excludes halogenated alkanes) is 9. The topological polar surface area (TPSA) is 67.4 Å². The molecule has 0 bridgehead atoms. The average molecular weight is 543 g/mol. The van der Waals surface area contributed by atoms with Crippen LogP contribution in [0.5, 0.6) is 11.5 Å². The largest absolute Gasteiger partial charge is 0.457 e. The molecule has 0 fully saturated rings. The lowest BCUT2D eigenvalue weighted by atomic mass is 10.1. The Labute approximate surface area is 227 Å². The maximum atomic E-state index is 12.6. The van der Waals surface area contributed by atoms with Crippen molar-refractivity contribution in [2.45, 2.75) is 88.4 Å². The normalized spacial score (nSPS) is 11.6. The molecule has 37 heavy (non-hydrogen) atoms. The van der Waals surface area contributed by atoms with E-state index in [0.29, 0.717) is 23.8 Å². The van der Waals surface area contributed by atoms with Crippen molar-refractivity contribution in [3.8, 4) is 11.5 Å². The smallest absolute Gasteiger partial charge is 0.250 e. The third-order valence-corrected chi connectivity index (χ3v) is 9.29. The SMILES string of the molecule is CCCCCCCCCCCCNS(=O)(=O)c1ccc(CNCc2ccc(Oc3ccccc3)cc2)s1. The lowest BCUT2D eigenvalue weighted by Gasteiger charge is -2.07. The quantitative estimate of drug-likeness (QED) is 0.150. The van der Waals surface area contributed by atoms with Gasteiger partial charge >= 0.3 is 0 Å². The Bertz CT molecular complexity index is 1110. The molecular weight excluding hydrogens is 500 g/mol. The highest BCUT2D eigenvalue weighted by molar-refractivity contribution is 7.91. The zero-order chi connectivity index (χ0) is 26.2. The zero-order valence-corrected chi connectivity index (χ0v) is 23.7. The molecule has 0 spiro atoms. The fraction of sp³-hybridized carbons (Fsp3) is 0.467. The van der Waals surface area contributed by atoms with Crippen LogP contribution in [-0.2, 0) is 23.1 Å². The standard InChI is InChI=1S/C30H42N2O3S2/c1-2-3-4-5-6-7-8-9-10-14-23-32-37(33,34)30-22-21-29(36-30)25-31-24-26-17-19-28(20-18-26)35-27-15-12-11-13-16-27/h11-13,15-22,31-32H,2-10,14,23-25H2,1H3. The van der Waals surface area contributed by atoms with E-state index in [1.54, 1.807) is 6.07 Å². The summed E-state index contributed by atoms with van der Waals surface area (Å²) in [5, 5.41) is 3.40. The highest BCUT2D eigenvalue weighted by Crippen LogP contribution is 2.23. The molecule has 0 atom stereocenters. The van der Waals surface area contributed by atoms with E-state index in [4.69, 9.17) is 4.74 Å². The van der Waals surface area contributed by atoms with Gasteiger partial charge in [0.2, 0.25) is 10.0 Å². The van der Waals surface area contributed by atoms with E-state index in [0.717, 1.165) is 34.8 Å². The number of nitrogens with one attached hydrogen (secondary N) is 2. The molecule has 1 aromatic heterocycles. The maximum absolute atomic E-state index is 12.6. The first kappa shape index (κ1) is 29.4. The van der Waals surface area contributed by atoms with Gasteiger partial charge in [0.15, 0.2) is 0 Å². The van der Waals surface area contributed by atoms with Crippen LogP contribution in [0.25, 0.3) is 0 Å². The highest BCUT2D eigenvalue weighted by Gasteiger charge is 2.16. The minimum atomic E-state index is -3.43. The summed E-state index contributed by atoms with van der Waals surface area (Å²) in [4.78, 5) is 1.00. The second-order valence-corrected chi connectivity index (χ2v) is 12.6. The lowest BCUT2D eigenvalue weighted by molar-refractivity contribution is 0.482. The fourth-order valence-electron chi connectivity index (χ4n) is 4.12. The van der Waals surface area contributed by atoms with Crippen LogP contribution in [0.1, 0.15) is 81.6 Å². The first-order valence-corrected chi connectivity index (χ1v) is 16.0. The third kappa shape index (κ3) is 11.4. The number of hydrogen-bond acceptors (Lipinski definition) is 5. The van der Waals surface area contributed by atoms with Gasteiger partial charge < -0.3 is 10.1 Å². The van der Waals surface area contributed by atoms with Crippen molar-refractivity contribution in [3.63, 3.8) is 0 Å². The van der Waals surface area contributed by atoms with Gasteiger partial charge in [-0.1, -0.05) is 95.0 Å². The molecule has 7 heteroatoms. The molecular formula is C30H42N2O3S2. The molecule has 0 aliphatic rings. The molecule has 202 valence electrons. The number of para-hydroxylation sites is 1. The van der Waals surface area contributed by atoms with E-state index in [2.05, 4.69) is 17.0 Å². The summed E-state index contributed by atoms with van der Waals surface area (Å²) in [5.74, 6) is 1.61. The van der Waals surface area contributed by atoms with Gasteiger partial charge in [-0.25, -0.2) is 13.1 Å². The van der Waals surface area contributed by atoms with Crippen molar-refractivity contribution >= 4 is 21.4 Å². The number of benzene rings is 2. The maximum Gasteiger partial charge on any atom is 0.250 e. The molecule has 5 nitrogen and oxygen atoms in total. The van der Waals surface area contributed by atoms with Crippen LogP contribution in [0.3, 0.4) is 0 Å². The van der Waals surface area contributed by atoms with Gasteiger partial charge in [-0.2, -0.15) is 0 Å². The average Bonchev–Trinajstić information content (AvgIpc) is 3.39. The van der Waals surface area contributed by atoms with Crippen molar-refractivity contribution in [2.75, 3.05) is 6.54 Å². The summed E-state index contributed by atoms with van der Waals surface area (Å²) in [6.45, 7) is 4.08. The summed E-state index contributed by atoms with van der Waals surface area (Å²) in [6.07, 6.45) is 12.4. The molecule has 0 saturated carbocycles. The summed E-state index contributed by atoms with van der Waals surface area (Å²) >= 11 is 1.33. The predicted molar refractivity (Wildman–Crippen MR) is 155 cm³/mol. The molecule has 0 unspecified atom stereocenters. The van der Waals surface area contributed by atoms with Crippen LogP contribution in [0, 0.1) is 0 Å². The lowest BCUT2D eigenvalue weighted by Crippen LogP contribution is -2.23. The highest BCUT2D eigenvalue weighted by atomic mass is 32.2. The summed E-state index contributed by atoms with van der Waals surface area (Å²) in [6, 6.07) is 21.3. The Balaban J connectivity index is 1.29. The van der Waals surface area contributed by atoms with E-state index in [1.807, 2.05) is 60.7 Å². The van der Waals surface area contributed by atoms with E-state index >= 15 is 0 Å². The summed E-state index contributed by atoms with van der Waals surface area (Å²) in [5.41, 5.74) is 1.14. The first-order chi connectivity index (χ1) is 18.1. The number of thiophene rings is 1. The summed E-state index contributed by atoms with van der Waals surface area (Å²) in [7, 11) is -3.43. The second-order valence-electron chi connectivity index (χ2n) is 9.46. The second kappa shape index (κ2) is 16.6. The van der Waals surface area contributed by atoms with Crippen molar-refractivity contribution in [3.05, 3.63) is 77.2 Å². The molecule has 0 aliphatic carbocycles. The van der Waals surface area contributed by atoms with Gasteiger partial charge in [-0.3, -0.25) is 0 Å². The van der Waals surface area contributed by atoms with Crippen molar-refractivity contribution in [2.24, 2.45) is 0 Å². The summed E-state index contributed by atoms with van der Waals surface area (Å²) < 4.78 is 34.3. The molecule has 0 amide bonds. The molecule has 0 radical (unpaired) electrons. The Hall–Kier alpha value is -2.19. The monoisotopic (exact) mass is 542 g/mol. The Morgan fingerprint density at radius 2 is 1.32 bits per heavy atom.